The van der Waals surface area contributed by atoms with Crippen molar-refractivity contribution in [2.45, 2.75) is 17.5 Å². The first-order valence-electron chi connectivity index (χ1n) is 6.50. The van der Waals surface area contributed by atoms with Crippen LogP contribution in [-0.4, -0.2) is 24.8 Å². The van der Waals surface area contributed by atoms with E-state index in [0.717, 1.165) is 16.4 Å². The molecule has 2 heterocycles. The highest BCUT2D eigenvalue weighted by Gasteiger charge is 2.12. The number of rotatable bonds is 5. The molecule has 114 valence electrons. The number of nitrogens with zero attached hydrogens (tertiary/aromatic N) is 4. The summed E-state index contributed by atoms with van der Waals surface area (Å²) >= 11 is 7.42. The molecule has 22 heavy (non-hydrogen) atoms. The zero-order valence-corrected chi connectivity index (χ0v) is 13.3. The van der Waals surface area contributed by atoms with E-state index in [1.165, 1.54) is 11.8 Å². The third-order valence-electron chi connectivity index (χ3n) is 3.08. The monoisotopic (exact) mass is 336 g/mol. The number of hydrogen-bond donors (Lipinski definition) is 1. The van der Waals surface area contributed by atoms with Crippen LogP contribution in [0.4, 0.5) is 0 Å². The lowest BCUT2D eigenvalue weighted by atomic mass is 10.2. The van der Waals surface area contributed by atoms with Crippen LogP contribution in [0, 0.1) is 0 Å². The van der Waals surface area contributed by atoms with Gasteiger partial charge in [0, 0.05) is 17.6 Å². The van der Waals surface area contributed by atoms with Gasteiger partial charge in [0.05, 0.1) is 24.3 Å². The molecule has 0 saturated heterocycles. The Hall–Kier alpha value is -1.83. The predicted octanol–water partition coefficient (Wildman–Crippen LogP) is 2.91. The summed E-state index contributed by atoms with van der Waals surface area (Å²) in [6.45, 7) is -0.0382. The van der Waals surface area contributed by atoms with Gasteiger partial charge in [-0.1, -0.05) is 40.7 Å². The minimum absolute atomic E-state index is 0.0382. The number of imidazole rings is 1. The molecule has 0 amide bonds. The van der Waals surface area contributed by atoms with Crippen LogP contribution >= 0.6 is 23.4 Å². The second kappa shape index (κ2) is 6.51. The molecular formula is C14H13ClN4O2S. The van der Waals surface area contributed by atoms with E-state index < -0.39 is 0 Å². The molecule has 2 aromatic heterocycles. The fraction of sp³-hybridized carbons (Fsp3) is 0.214. The van der Waals surface area contributed by atoms with E-state index >= 15 is 0 Å². The second-order valence-electron chi connectivity index (χ2n) is 4.56. The fourth-order valence-corrected chi connectivity index (χ4v) is 2.89. The van der Waals surface area contributed by atoms with E-state index in [1.807, 2.05) is 23.7 Å². The summed E-state index contributed by atoms with van der Waals surface area (Å²) in [7, 11) is 1.85. The lowest BCUT2D eigenvalue weighted by molar-refractivity contribution is 0.271. The Bertz CT molecular complexity index is 787. The predicted molar refractivity (Wildman–Crippen MR) is 83.4 cm³/mol. The van der Waals surface area contributed by atoms with Gasteiger partial charge in [-0.2, -0.15) is 4.98 Å². The van der Waals surface area contributed by atoms with Gasteiger partial charge in [-0.15, -0.1) is 0 Å². The van der Waals surface area contributed by atoms with E-state index in [4.69, 9.17) is 21.2 Å². The lowest BCUT2D eigenvalue weighted by Crippen LogP contribution is -1.97. The maximum Gasteiger partial charge on any atom is 0.237 e. The van der Waals surface area contributed by atoms with Gasteiger partial charge >= 0.3 is 0 Å². The standard InChI is InChI=1S/C14H13ClN4O2S/c1-19-11(7-20)6-16-14(19)22-8-12-17-13(18-21-12)9-3-2-4-10(15)5-9/h2-6,20H,7-8H2,1H3. The van der Waals surface area contributed by atoms with Gasteiger partial charge in [-0.05, 0) is 12.1 Å². The number of aliphatic hydroxyl groups is 1. The maximum atomic E-state index is 9.15. The van der Waals surface area contributed by atoms with Crippen LogP contribution in [0.25, 0.3) is 11.4 Å². The summed E-state index contributed by atoms with van der Waals surface area (Å²) in [5, 5.41) is 14.5. The topological polar surface area (TPSA) is 77.0 Å². The minimum atomic E-state index is -0.0382. The molecule has 1 aromatic carbocycles. The van der Waals surface area contributed by atoms with Crippen molar-refractivity contribution >= 4 is 23.4 Å². The van der Waals surface area contributed by atoms with Gasteiger partial charge in [0.2, 0.25) is 11.7 Å². The van der Waals surface area contributed by atoms with Crippen molar-refractivity contribution < 1.29 is 9.63 Å². The number of thioether (sulfide) groups is 1. The van der Waals surface area contributed by atoms with Crippen molar-refractivity contribution in [3.8, 4) is 11.4 Å². The molecule has 0 bridgehead atoms. The molecule has 0 spiro atoms. The third kappa shape index (κ3) is 3.16. The molecule has 0 aliphatic carbocycles. The van der Waals surface area contributed by atoms with Crippen molar-refractivity contribution in [1.29, 1.82) is 0 Å². The molecule has 1 N–H and O–H groups in total. The van der Waals surface area contributed by atoms with Gasteiger partial charge in [-0.3, -0.25) is 0 Å². The van der Waals surface area contributed by atoms with E-state index in [0.29, 0.717) is 22.5 Å². The summed E-state index contributed by atoms with van der Waals surface area (Å²) in [4.78, 5) is 8.59. The van der Waals surface area contributed by atoms with Crippen LogP contribution in [-0.2, 0) is 19.4 Å². The van der Waals surface area contributed by atoms with Gasteiger partial charge in [0.15, 0.2) is 5.16 Å². The van der Waals surface area contributed by atoms with Crippen LogP contribution in [0.2, 0.25) is 5.02 Å². The highest BCUT2D eigenvalue weighted by atomic mass is 35.5. The highest BCUT2D eigenvalue weighted by Crippen LogP contribution is 2.24. The van der Waals surface area contributed by atoms with E-state index in [1.54, 1.807) is 18.3 Å². The lowest BCUT2D eigenvalue weighted by Gasteiger charge is -2.01. The third-order valence-corrected chi connectivity index (χ3v) is 4.34. The zero-order chi connectivity index (χ0) is 15.5. The fourth-order valence-electron chi connectivity index (χ4n) is 1.89. The van der Waals surface area contributed by atoms with Crippen molar-refractivity contribution in [2.75, 3.05) is 0 Å². The molecule has 0 radical (unpaired) electrons. The van der Waals surface area contributed by atoms with Crippen LogP contribution in [0.3, 0.4) is 0 Å². The number of aliphatic hydroxyl groups excluding tert-OH is 1. The first-order chi connectivity index (χ1) is 10.7. The van der Waals surface area contributed by atoms with Crippen molar-refractivity contribution in [1.82, 2.24) is 19.7 Å². The SMILES string of the molecule is Cn1c(CO)cnc1SCc1nc(-c2cccc(Cl)c2)no1. The number of halogens is 1. The van der Waals surface area contributed by atoms with E-state index in [9.17, 15) is 0 Å². The van der Waals surface area contributed by atoms with Crippen molar-refractivity contribution in [2.24, 2.45) is 7.05 Å². The molecule has 0 aliphatic rings. The maximum absolute atomic E-state index is 9.15. The van der Waals surface area contributed by atoms with Crippen LogP contribution < -0.4 is 0 Å². The Labute approximate surface area is 136 Å². The first kappa shape index (κ1) is 15.1. The molecule has 0 fully saturated rings. The number of hydrogen-bond acceptors (Lipinski definition) is 6. The Morgan fingerprint density at radius 2 is 2.27 bits per heavy atom. The largest absolute Gasteiger partial charge is 0.390 e. The summed E-state index contributed by atoms with van der Waals surface area (Å²) < 4.78 is 7.07. The van der Waals surface area contributed by atoms with Crippen LogP contribution in [0.5, 0.6) is 0 Å². The zero-order valence-electron chi connectivity index (χ0n) is 11.7. The van der Waals surface area contributed by atoms with Gasteiger partial charge in [0.25, 0.3) is 0 Å². The Morgan fingerprint density at radius 3 is 3.00 bits per heavy atom. The molecule has 0 atom stereocenters. The van der Waals surface area contributed by atoms with Crippen molar-refractivity contribution in [3.05, 3.63) is 47.1 Å². The Balaban J connectivity index is 1.70. The van der Waals surface area contributed by atoms with Gasteiger partial charge < -0.3 is 14.2 Å². The average Bonchev–Trinajstić information content (AvgIpc) is 3.12. The summed E-state index contributed by atoms with van der Waals surface area (Å²) in [5.74, 6) is 1.52. The molecule has 8 heteroatoms. The number of aromatic nitrogens is 4. The van der Waals surface area contributed by atoms with E-state index in [-0.39, 0.29) is 6.61 Å². The first-order valence-corrected chi connectivity index (χ1v) is 7.86. The van der Waals surface area contributed by atoms with Gasteiger partial charge in [-0.25, -0.2) is 4.98 Å². The van der Waals surface area contributed by atoms with Crippen LogP contribution in [0.1, 0.15) is 11.6 Å². The number of benzene rings is 1. The summed E-state index contributed by atoms with van der Waals surface area (Å²) in [6.07, 6.45) is 1.65. The molecule has 3 rings (SSSR count). The average molecular weight is 337 g/mol. The van der Waals surface area contributed by atoms with Gasteiger partial charge in [0.1, 0.15) is 0 Å². The summed E-state index contributed by atoms with van der Waals surface area (Å²) in [5.41, 5.74) is 1.57. The Kier molecular flexibility index (Phi) is 4.47. The Morgan fingerprint density at radius 1 is 1.41 bits per heavy atom. The normalized spacial score (nSPS) is 11.0. The summed E-state index contributed by atoms with van der Waals surface area (Å²) in [6, 6.07) is 7.30. The van der Waals surface area contributed by atoms with Crippen molar-refractivity contribution in [3.63, 3.8) is 0 Å². The highest BCUT2D eigenvalue weighted by molar-refractivity contribution is 7.98. The van der Waals surface area contributed by atoms with Crippen LogP contribution in [0.15, 0.2) is 40.1 Å². The smallest absolute Gasteiger partial charge is 0.237 e. The molecule has 0 aliphatic heterocycles. The second-order valence-corrected chi connectivity index (χ2v) is 5.94. The molecule has 0 unspecified atom stereocenters. The van der Waals surface area contributed by atoms with E-state index in [2.05, 4.69) is 15.1 Å². The quantitative estimate of drug-likeness (QED) is 0.722. The molecular weight excluding hydrogens is 324 g/mol. The molecule has 3 aromatic rings. The molecule has 6 nitrogen and oxygen atoms in total. The molecule has 0 saturated carbocycles. The minimum Gasteiger partial charge on any atom is -0.390 e.